The van der Waals surface area contributed by atoms with Gasteiger partial charge in [0, 0.05) is 28.9 Å². The fourth-order valence-corrected chi connectivity index (χ4v) is 7.72. The molecule has 0 spiro atoms. The summed E-state index contributed by atoms with van der Waals surface area (Å²) in [6.45, 7) is 4.71. The van der Waals surface area contributed by atoms with E-state index in [0.717, 1.165) is 5.56 Å². The Labute approximate surface area is 262 Å². The Balaban J connectivity index is 1.43. The third-order valence-electron chi connectivity index (χ3n) is 9.83. The Morgan fingerprint density at radius 2 is 1.04 bits per heavy atom. The second-order valence-corrected chi connectivity index (χ2v) is 12.6. The van der Waals surface area contributed by atoms with Gasteiger partial charge in [0.25, 0.3) is 0 Å². The van der Waals surface area contributed by atoms with Crippen molar-refractivity contribution < 1.29 is 0 Å². The van der Waals surface area contributed by atoms with Crippen LogP contribution in [-0.4, -0.2) is 9.97 Å². The molecule has 0 radical (unpaired) electrons. The van der Waals surface area contributed by atoms with Gasteiger partial charge in [-0.3, -0.25) is 0 Å². The van der Waals surface area contributed by atoms with E-state index in [1.54, 1.807) is 6.33 Å². The molecule has 7 aromatic carbocycles. The summed E-state index contributed by atoms with van der Waals surface area (Å²) in [5, 5.41) is 7.36. The number of fused-ring (bicyclic) bond motifs is 6. The third kappa shape index (κ3) is 3.82. The Bertz CT molecular complexity index is 2450. The molecule has 0 aliphatic heterocycles. The lowest BCUT2D eigenvalue weighted by atomic mass is 9.80. The first kappa shape index (κ1) is 25.9. The molecule has 1 aromatic heterocycles. The lowest BCUT2D eigenvalue weighted by molar-refractivity contribution is 0.660. The van der Waals surface area contributed by atoms with Crippen LogP contribution in [-0.2, 0) is 5.41 Å². The van der Waals surface area contributed by atoms with Gasteiger partial charge in [-0.25, -0.2) is 9.97 Å². The van der Waals surface area contributed by atoms with Gasteiger partial charge in [0.2, 0.25) is 0 Å². The van der Waals surface area contributed by atoms with Crippen LogP contribution in [0.4, 0.5) is 0 Å². The van der Waals surface area contributed by atoms with E-state index in [1.807, 2.05) is 12.4 Å². The highest BCUT2D eigenvalue weighted by atomic mass is 14.8. The van der Waals surface area contributed by atoms with E-state index in [1.165, 1.54) is 82.4 Å². The number of nitrogens with zero attached hydrogens (tertiary/aromatic N) is 2. The average Bonchev–Trinajstić information content (AvgIpc) is 3.33. The lowest BCUT2D eigenvalue weighted by Gasteiger charge is -2.23. The molecule has 0 N–H and O–H groups in total. The van der Waals surface area contributed by atoms with E-state index in [0.29, 0.717) is 0 Å². The predicted molar refractivity (Wildman–Crippen MR) is 188 cm³/mol. The molecular weight excluding hydrogens is 544 g/mol. The van der Waals surface area contributed by atoms with Crippen LogP contribution >= 0.6 is 0 Å². The largest absolute Gasteiger partial charge is 0.244 e. The minimum Gasteiger partial charge on any atom is -0.244 e. The second kappa shape index (κ2) is 9.70. The Morgan fingerprint density at radius 1 is 0.422 bits per heavy atom. The summed E-state index contributed by atoms with van der Waals surface area (Å²) < 4.78 is 0. The van der Waals surface area contributed by atoms with Crippen molar-refractivity contribution in [3.05, 3.63) is 157 Å². The zero-order valence-electron chi connectivity index (χ0n) is 25.3. The lowest BCUT2D eigenvalue weighted by Crippen LogP contribution is -2.14. The van der Waals surface area contributed by atoms with Crippen molar-refractivity contribution in [3.8, 4) is 44.5 Å². The number of hydrogen-bond acceptors (Lipinski definition) is 2. The van der Waals surface area contributed by atoms with Gasteiger partial charge in [0.15, 0.2) is 0 Å². The minimum absolute atomic E-state index is 0.0783. The maximum absolute atomic E-state index is 4.43. The Kier molecular flexibility index (Phi) is 5.58. The quantitative estimate of drug-likeness (QED) is 0.196. The minimum atomic E-state index is -0.0783. The molecule has 0 atom stereocenters. The van der Waals surface area contributed by atoms with Crippen molar-refractivity contribution in [2.24, 2.45) is 0 Å². The summed E-state index contributed by atoms with van der Waals surface area (Å²) >= 11 is 0. The highest BCUT2D eigenvalue weighted by molar-refractivity contribution is 6.23. The highest BCUT2D eigenvalue weighted by Gasteiger charge is 2.37. The van der Waals surface area contributed by atoms with E-state index >= 15 is 0 Å². The van der Waals surface area contributed by atoms with Crippen molar-refractivity contribution in [1.82, 2.24) is 9.97 Å². The summed E-state index contributed by atoms with van der Waals surface area (Å²) in [7, 11) is 0. The van der Waals surface area contributed by atoms with Gasteiger partial charge in [-0.1, -0.05) is 129 Å². The van der Waals surface area contributed by atoms with Crippen LogP contribution < -0.4 is 0 Å². The van der Waals surface area contributed by atoms with Gasteiger partial charge in [-0.2, -0.15) is 0 Å². The maximum Gasteiger partial charge on any atom is 0.115 e. The molecule has 212 valence electrons. The zero-order chi connectivity index (χ0) is 30.1. The van der Waals surface area contributed by atoms with Gasteiger partial charge in [-0.15, -0.1) is 0 Å². The summed E-state index contributed by atoms with van der Waals surface area (Å²) in [6.07, 6.45) is 5.47. The molecule has 1 heterocycles. The van der Waals surface area contributed by atoms with E-state index in [9.17, 15) is 0 Å². The van der Waals surface area contributed by atoms with Gasteiger partial charge >= 0.3 is 0 Å². The number of aromatic nitrogens is 2. The molecule has 0 fully saturated rings. The maximum atomic E-state index is 4.43. The van der Waals surface area contributed by atoms with Gasteiger partial charge < -0.3 is 0 Å². The fourth-order valence-electron chi connectivity index (χ4n) is 7.72. The van der Waals surface area contributed by atoms with Crippen LogP contribution in [0.15, 0.2) is 146 Å². The molecule has 0 amide bonds. The van der Waals surface area contributed by atoms with E-state index in [2.05, 4.69) is 151 Å². The molecule has 2 nitrogen and oxygen atoms in total. The fraction of sp³-hybridized carbons (Fsp3) is 0.0698. The summed E-state index contributed by atoms with van der Waals surface area (Å²) in [4.78, 5) is 8.85. The summed E-state index contributed by atoms with van der Waals surface area (Å²) in [5.74, 6) is 0. The van der Waals surface area contributed by atoms with Crippen molar-refractivity contribution in [3.63, 3.8) is 0 Å². The zero-order valence-corrected chi connectivity index (χ0v) is 25.3. The van der Waals surface area contributed by atoms with Crippen molar-refractivity contribution in [2.75, 3.05) is 0 Å². The number of rotatable bonds is 3. The Hall–Kier alpha value is -5.60. The second-order valence-electron chi connectivity index (χ2n) is 12.6. The van der Waals surface area contributed by atoms with Crippen LogP contribution in [0.5, 0.6) is 0 Å². The van der Waals surface area contributed by atoms with Gasteiger partial charge in [0.1, 0.15) is 6.33 Å². The monoisotopic (exact) mass is 574 g/mol. The molecule has 1 aliphatic carbocycles. The molecule has 2 heteroatoms. The number of hydrogen-bond donors (Lipinski definition) is 0. The van der Waals surface area contributed by atoms with Crippen molar-refractivity contribution >= 4 is 32.3 Å². The van der Waals surface area contributed by atoms with Crippen LogP contribution in [0.25, 0.3) is 76.8 Å². The first-order valence-electron chi connectivity index (χ1n) is 15.6. The topological polar surface area (TPSA) is 25.8 Å². The first-order valence-corrected chi connectivity index (χ1v) is 15.6. The molecule has 0 saturated heterocycles. The smallest absolute Gasteiger partial charge is 0.115 e. The van der Waals surface area contributed by atoms with E-state index in [-0.39, 0.29) is 5.41 Å². The van der Waals surface area contributed by atoms with Crippen LogP contribution in [0.1, 0.15) is 25.0 Å². The highest BCUT2D eigenvalue weighted by Crippen LogP contribution is 2.54. The summed E-state index contributed by atoms with van der Waals surface area (Å²) in [6, 6.07) is 47.0. The van der Waals surface area contributed by atoms with Crippen LogP contribution in [0.3, 0.4) is 0 Å². The van der Waals surface area contributed by atoms with Crippen molar-refractivity contribution in [1.29, 1.82) is 0 Å². The molecule has 0 unspecified atom stereocenters. The Morgan fingerprint density at radius 3 is 1.89 bits per heavy atom. The SMILES string of the molecule is CC1(C)c2ccccc2-c2c(-c3c4ccccc4c(-c4cncnc4)c4ccc(-c5ccc6ccccc6c5)cc34)cccc21. The van der Waals surface area contributed by atoms with Gasteiger partial charge in [-0.05, 0) is 89.0 Å². The normalized spacial score (nSPS) is 13.3. The first-order chi connectivity index (χ1) is 22.1. The van der Waals surface area contributed by atoms with Crippen molar-refractivity contribution in [2.45, 2.75) is 19.3 Å². The van der Waals surface area contributed by atoms with Gasteiger partial charge in [0.05, 0.1) is 0 Å². The van der Waals surface area contributed by atoms with Crippen LogP contribution in [0.2, 0.25) is 0 Å². The summed E-state index contributed by atoms with van der Waals surface area (Å²) in [5.41, 5.74) is 12.5. The third-order valence-corrected chi connectivity index (χ3v) is 9.83. The molecule has 8 aromatic rings. The van der Waals surface area contributed by atoms with E-state index < -0.39 is 0 Å². The molecular formula is C43H30N2. The molecule has 9 rings (SSSR count). The number of benzene rings is 7. The van der Waals surface area contributed by atoms with E-state index in [4.69, 9.17) is 0 Å². The molecule has 0 bridgehead atoms. The molecule has 1 aliphatic rings. The average molecular weight is 575 g/mol. The molecule has 45 heavy (non-hydrogen) atoms. The van der Waals surface area contributed by atoms with Crippen LogP contribution in [0, 0.1) is 0 Å². The standard InChI is InChI=1S/C43H30N2/c1-43(2)38-16-8-7-14-35(38)42-36(15-9-17-39(42)43)41-33-13-6-5-12-32(33)40(31-24-44-26-45-25-31)34-21-20-30(23-37(34)41)29-19-18-27-10-3-4-11-28(27)22-29/h3-26H,1-2H3. The predicted octanol–water partition coefficient (Wildman–Crippen LogP) is 11.2. The molecule has 0 saturated carbocycles.